The summed E-state index contributed by atoms with van der Waals surface area (Å²) < 4.78 is 0. The summed E-state index contributed by atoms with van der Waals surface area (Å²) in [6.07, 6.45) is 2.61. The maximum Gasteiger partial charge on any atom is 0.254 e. The van der Waals surface area contributed by atoms with Crippen LogP contribution >= 0.6 is 0 Å². The molecule has 1 aromatic rings. The van der Waals surface area contributed by atoms with Crippen molar-refractivity contribution in [3.8, 4) is 0 Å². The lowest BCUT2D eigenvalue weighted by Gasteiger charge is -2.03. The summed E-state index contributed by atoms with van der Waals surface area (Å²) >= 11 is 0. The third kappa shape index (κ3) is 2.17. The van der Waals surface area contributed by atoms with Crippen LogP contribution in [0.15, 0.2) is 4.79 Å². The Morgan fingerprint density at radius 1 is 1.38 bits per heavy atom. The van der Waals surface area contributed by atoms with E-state index in [1.54, 1.807) is 0 Å². The molecule has 3 nitrogen and oxygen atoms in total. The van der Waals surface area contributed by atoms with Crippen molar-refractivity contribution >= 4 is 0 Å². The Morgan fingerprint density at radius 3 is 2.54 bits per heavy atom. The fraction of sp³-hybridized carbons (Fsp3) is 0.600. The average Bonchev–Trinajstić information content (AvgIpc) is 2.04. The first kappa shape index (κ1) is 9.96. The molecule has 72 valence electrons. The van der Waals surface area contributed by atoms with Crippen molar-refractivity contribution < 1.29 is 0 Å². The molecule has 3 heteroatoms. The molecule has 0 aliphatic heterocycles. The smallest absolute Gasteiger partial charge is 0.254 e. The van der Waals surface area contributed by atoms with E-state index in [9.17, 15) is 4.79 Å². The van der Waals surface area contributed by atoms with Gasteiger partial charge in [-0.25, -0.2) is 4.98 Å². The number of hydrogen-bond donors (Lipinski definition) is 1. The highest BCUT2D eigenvalue weighted by Gasteiger charge is 2.04. The molecule has 0 spiro atoms. The lowest BCUT2D eigenvalue weighted by atomic mass is 10.2. The quantitative estimate of drug-likeness (QED) is 0.767. The van der Waals surface area contributed by atoms with Crippen LogP contribution in [-0.4, -0.2) is 9.97 Å². The summed E-state index contributed by atoms with van der Waals surface area (Å²) in [7, 11) is 0. The molecular formula is C10H16N2O. The minimum absolute atomic E-state index is 0.0263. The minimum atomic E-state index is 0.0263. The third-order valence-electron chi connectivity index (χ3n) is 2.11. The van der Waals surface area contributed by atoms with E-state index in [1.807, 2.05) is 13.8 Å². The molecule has 0 atom stereocenters. The number of nitrogens with zero attached hydrogens (tertiary/aromatic N) is 1. The van der Waals surface area contributed by atoms with Gasteiger partial charge in [-0.3, -0.25) is 4.79 Å². The number of hydrogen-bond acceptors (Lipinski definition) is 2. The van der Waals surface area contributed by atoms with Crippen molar-refractivity contribution in [1.29, 1.82) is 0 Å². The maximum absolute atomic E-state index is 11.5. The minimum Gasteiger partial charge on any atom is -0.310 e. The Hall–Kier alpha value is -1.12. The summed E-state index contributed by atoms with van der Waals surface area (Å²) in [5, 5.41) is 0. The van der Waals surface area contributed by atoms with Crippen LogP contribution in [0.25, 0.3) is 0 Å². The van der Waals surface area contributed by atoms with E-state index in [1.165, 1.54) is 0 Å². The molecule has 0 aromatic carbocycles. The van der Waals surface area contributed by atoms with Gasteiger partial charge in [0.15, 0.2) is 0 Å². The monoisotopic (exact) mass is 180 g/mol. The van der Waals surface area contributed by atoms with Crippen LogP contribution in [-0.2, 0) is 12.8 Å². The molecule has 0 saturated heterocycles. The largest absolute Gasteiger partial charge is 0.310 e. The highest BCUT2D eigenvalue weighted by Crippen LogP contribution is 2.01. The predicted octanol–water partition coefficient (Wildman–Crippen LogP) is 1.59. The van der Waals surface area contributed by atoms with Gasteiger partial charge >= 0.3 is 0 Å². The molecule has 0 saturated carbocycles. The summed E-state index contributed by atoms with van der Waals surface area (Å²) in [6, 6.07) is 0. The Labute approximate surface area is 78.2 Å². The van der Waals surface area contributed by atoms with E-state index in [-0.39, 0.29) is 5.56 Å². The van der Waals surface area contributed by atoms with Crippen molar-refractivity contribution in [3.05, 3.63) is 27.4 Å². The predicted molar refractivity (Wildman–Crippen MR) is 53.0 cm³/mol. The maximum atomic E-state index is 11.5. The Bertz CT molecular complexity index is 341. The van der Waals surface area contributed by atoms with Crippen LogP contribution in [0.2, 0.25) is 0 Å². The van der Waals surface area contributed by atoms with Gasteiger partial charge < -0.3 is 4.98 Å². The van der Waals surface area contributed by atoms with E-state index in [0.717, 1.165) is 36.3 Å². The first-order chi connectivity index (χ1) is 6.19. The zero-order valence-corrected chi connectivity index (χ0v) is 8.48. The highest BCUT2D eigenvalue weighted by atomic mass is 16.1. The zero-order chi connectivity index (χ0) is 9.84. The Balaban J connectivity index is 3.13. The molecule has 0 fully saturated rings. The van der Waals surface area contributed by atoms with Crippen molar-refractivity contribution in [3.63, 3.8) is 0 Å². The van der Waals surface area contributed by atoms with E-state index >= 15 is 0 Å². The molecule has 1 heterocycles. The molecule has 0 aliphatic carbocycles. The van der Waals surface area contributed by atoms with Gasteiger partial charge in [0.2, 0.25) is 0 Å². The fourth-order valence-electron chi connectivity index (χ4n) is 1.44. The molecule has 0 radical (unpaired) electrons. The molecule has 0 bridgehead atoms. The SMILES string of the molecule is CCCc1nc(C)c(CC)c(=O)[nH]1. The molecule has 0 aliphatic rings. The lowest BCUT2D eigenvalue weighted by molar-refractivity contribution is 0.800. The summed E-state index contributed by atoms with van der Waals surface area (Å²) in [6.45, 7) is 5.94. The van der Waals surface area contributed by atoms with Gasteiger partial charge in [0, 0.05) is 17.7 Å². The molecule has 13 heavy (non-hydrogen) atoms. The number of aryl methyl sites for hydroxylation is 2. The Morgan fingerprint density at radius 2 is 2.08 bits per heavy atom. The number of H-pyrrole nitrogens is 1. The summed E-state index contributed by atoms with van der Waals surface area (Å²) in [4.78, 5) is 18.6. The molecule has 0 amide bonds. The van der Waals surface area contributed by atoms with Crippen molar-refractivity contribution in [1.82, 2.24) is 9.97 Å². The fourth-order valence-corrected chi connectivity index (χ4v) is 1.44. The molecular weight excluding hydrogens is 164 g/mol. The van der Waals surface area contributed by atoms with Gasteiger partial charge in [-0.15, -0.1) is 0 Å². The van der Waals surface area contributed by atoms with E-state index in [0.29, 0.717) is 0 Å². The first-order valence-electron chi connectivity index (χ1n) is 4.77. The topological polar surface area (TPSA) is 45.8 Å². The van der Waals surface area contributed by atoms with Gasteiger partial charge in [0.05, 0.1) is 0 Å². The Kier molecular flexibility index (Phi) is 3.23. The lowest BCUT2D eigenvalue weighted by Crippen LogP contribution is -2.18. The van der Waals surface area contributed by atoms with Gasteiger partial charge in [-0.1, -0.05) is 13.8 Å². The number of aromatic amines is 1. The van der Waals surface area contributed by atoms with Crippen LogP contribution in [0.5, 0.6) is 0 Å². The third-order valence-corrected chi connectivity index (χ3v) is 2.11. The second-order valence-electron chi connectivity index (χ2n) is 3.18. The van der Waals surface area contributed by atoms with Crippen LogP contribution in [0.4, 0.5) is 0 Å². The first-order valence-corrected chi connectivity index (χ1v) is 4.77. The van der Waals surface area contributed by atoms with Crippen molar-refractivity contribution in [2.45, 2.75) is 40.0 Å². The molecule has 1 aromatic heterocycles. The zero-order valence-electron chi connectivity index (χ0n) is 8.48. The highest BCUT2D eigenvalue weighted by molar-refractivity contribution is 5.16. The normalized spacial score (nSPS) is 10.4. The van der Waals surface area contributed by atoms with Crippen LogP contribution < -0.4 is 5.56 Å². The van der Waals surface area contributed by atoms with Crippen LogP contribution in [0.1, 0.15) is 37.4 Å². The van der Waals surface area contributed by atoms with Gasteiger partial charge in [-0.2, -0.15) is 0 Å². The summed E-state index contributed by atoms with van der Waals surface area (Å²) in [5.41, 5.74) is 1.70. The van der Waals surface area contributed by atoms with Crippen LogP contribution in [0.3, 0.4) is 0 Å². The number of nitrogens with one attached hydrogen (secondary N) is 1. The van der Waals surface area contributed by atoms with E-state index in [2.05, 4.69) is 16.9 Å². The van der Waals surface area contributed by atoms with Gasteiger partial charge in [0.25, 0.3) is 5.56 Å². The van der Waals surface area contributed by atoms with Crippen molar-refractivity contribution in [2.75, 3.05) is 0 Å². The second kappa shape index (κ2) is 4.21. The standard InChI is InChI=1S/C10H16N2O/c1-4-6-9-11-7(3)8(5-2)10(13)12-9/h4-6H2,1-3H3,(H,11,12,13). The van der Waals surface area contributed by atoms with Crippen molar-refractivity contribution in [2.24, 2.45) is 0 Å². The molecule has 1 rings (SSSR count). The second-order valence-corrected chi connectivity index (χ2v) is 3.18. The number of aromatic nitrogens is 2. The van der Waals surface area contributed by atoms with E-state index in [4.69, 9.17) is 0 Å². The number of rotatable bonds is 3. The average molecular weight is 180 g/mol. The molecule has 1 N–H and O–H groups in total. The summed E-state index contributed by atoms with van der Waals surface area (Å²) in [5.74, 6) is 0.808. The van der Waals surface area contributed by atoms with Gasteiger partial charge in [-0.05, 0) is 19.8 Å². The van der Waals surface area contributed by atoms with Crippen LogP contribution in [0, 0.1) is 6.92 Å². The van der Waals surface area contributed by atoms with E-state index < -0.39 is 0 Å². The van der Waals surface area contributed by atoms with Gasteiger partial charge in [0.1, 0.15) is 5.82 Å². The molecule has 0 unspecified atom stereocenters.